The lowest BCUT2D eigenvalue weighted by Crippen LogP contribution is -2.15. The monoisotopic (exact) mass is 272 g/mol. The third-order valence-electron chi connectivity index (χ3n) is 2.50. The van der Waals surface area contributed by atoms with Gasteiger partial charge >= 0.3 is 0 Å². The van der Waals surface area contributed by atoms with Crippen LogP contribution in [-0.2, 0) is 0 Å². The molecule has 0 radical (unpaired) electrons. The molecule has 0 aliphatic rings. The first-order valence-electron chi connectivity index (χ1n) is 6.22. The van der Waals surface area contributed by atoms with E-state index in [4.69, 9.17) is 10.5 Å². The van der Waals surface area contributed by atoms with E-state index in [0.29, 0.717) is 30.4 Å². The van der Waals surface area contributed by atoms with Crippen LogP contribution in [0.1, 0.15) is 16.1 Å². The predicted molar refractivity (Wildman–Crippen MR) is 75.7 cm³/mol. The van der Waals surface area contributed by atoms with E-state index in [1.165, 1.54) is 0 Å². The number of nitrogens with two attached hydrogens (primary N) is 1. The van der Waals surface area contributed by atoms with E-state index in [-0.39, 0.29) is 5.91 Å². The molecule has 0 spiro atoms. The summed E-state index contributed by atoms with van der Waals surface area (Å²) >= 11 is 0. The second-order valence-electron chi connectivity index (χ2n) is 4.19. The van der Waals surface area contributed by atoms with Gasteiger partial charge in [-0.1, -0.05) is 6.07 Å². The largest absolute Gasteiger partial charge is 0.492 e. The Kier molecular flexibility index (Phi) is 4.62. The van der Waals surface area contributed by atoms with Crippen molar-refractivity contribution < 1.29 is 9.53 Å². The van der Waals surface area contributed by atoms with Gasteiger partial charge < -0.3 is 15.8 Å². The van der Waals surface area contributed by atoms with Crippen molar-refractivity contribution in [2.24, 2.45) is 5.73 Å². The molecule has 0 aliphatic carbocycles. The van der Waals surface area contributed by atoms with E-state index in [2.05, 4.69) is 15.3 Å². The first-order chi connectivity index (χ1) is 9.69. The zero-order valence-corrected chi connectivity index (χ0v) is 11.2. The number of pyridine rings is 2. The topological polar surface area (TPSA) is 90.1 Å². The Morgan fingerprint density at radius 1 is 1.35 bits per heavy atom. The molecule has 2 rings (SSSR count). The third-order valence-corrected chi connectivity index (χ3v) is 2.50. The van der Waals surface area contributed by atoms with E-state index in [1.54, 1.807) is 30.6 Å². The molecule has 0 saturated carbocycles. The Balaban J connectivity index is 2.05. The minimum atomic E-state index is -0.312. The molecule has 6 heteroatoms. The smallest absolute Gasteiger partial charge is 0.275 e. The third kappa shape index (κ3) is 3.76. The second-order valence-corrected chi connectivity index (χ2v) is 4.19. The number of carbonyl (C=O) groups excluding carboxylic acids is 1. The van der Waals surface area contributed by atoms with Crippen LogP contribution in [0, 0.1) is 6.92 Å². The Morgan fingerprint density at radius 3 is 2.90 bits per heavy atom. The second kappa shape index (κ2) is 6.63. The molecule has 20 heavy (non-hydrogen) atoms. The maximum Gasteiger partial charge on any atom is 0.275 e. The summed E-state index contributed by atoms with van der Waals surface area (Å²) in [4.78, 5) is 20.1. The standard InChI is InChI=1S/C14H16N4O2/c1-10-2-3-12(17-9-10)14(19)18-13-8-11(4-6-16-13)20-7-5-15/h2-4,6,8-9H,5,7,15H2,1H3,(H,16,18,19). The zero-order valence-electron chi connectivity index (χ0n) is 11.2. The van der Waals surface area contributed by atoms with Crippen LogP contribution in [0.2, 0.25) is 0 Å². The SMILES string of the molecule is Cc1ccc(C(=O)Nc2cc(OCCN)ccn2)nc1. The molecule has 0 saturated heterocycles. The Labute approximate surface area is 117 Å². The van der Waals surface area contributed by atoms with Crippen LogP contribution in [0.5, 0.6) is 5.75 Å². The minimum absolute atomic E-state index is 0.312. The van der Waals surface area contributed by atoms with E-state index in [0.717, 1.165) is 5.56 Å². The zero-order chi connectivity index (χ0) is 14.4. The maximum atomic E-state index is 12.0. The van der Waals surface area contributed by atoms with E-state index >= 15 is 0 Å². The fourth-order valence-corrected chi connectivity index (χ4v) is 1.53. The number of hydrogen-bond acceptors (Lipinski definition) is 5. The Morgan fingerprint density at radius 2 is 2.20 bits per heavy atom. The number of carbonyl (C=O) groups is 1. The molecule has 0 unspecified atom stereocenters. The maximum absolute atomic E-state index is 12.0. The lowest BCUT2D eigenvalue weighted by Gasteiger charge is -2.07. The van der Waals surface area contributed by atoms with Crippen molar-refractivity contribution in [1.82, 2.24) is 9.97 Å². The summed E-state index contributed by atoms with van der Waals surface area (Å²) in [6.45, 7) is 2.75. The molecule has 0 fully saturated rings. The summed E-state index contributed by atoms with van der Waals surface area (Å²) in [5.41, 5.74) is 6.70. The van der Waals surface area contributed by atoms with Crippen molar-refractivity contribution >= 4 is 11.7 Å². The number of aryl methyl sites for hydroxylation is 1. The van der Waals surface area contributed by atoms with E-state index < -0.39 is 0 Å². The number of anilines is 1. The van der Waals surface area contributed by atoms with Gasteiger partial charge in [-0.15, -0.1) is 0 Å². The summed E-state index contributed by atoms with van der Waals surface area (Å²) in [7, 11) is 0. The average molecular weight is 272 g/mol. The molecule has 0 aliphatic heterocycles. The minimum Gasteiger partial charge on any atom is -0.492 e. The van der Waals surface area contributed by atoms with Crippen LogP contribution < -0.4 is 15.8 Å². The van der Waals surface area contributed by atoms with Gasteiger partial charge in [0.15, 0.2) is 0 Å². The molecule has 2 aromatic heterocycles. The number of amides is 1. The van der Waals surface area contributed by atoms with Crippen LogP contribution >= 0.6 is 0 Å². The Bertz CT molecular complexity index is 584. The average Bonchev–Trinajstić information content (AvgIpc) is 2.46. The highest BCUT2D eigenvalue weighted by Crippen LogP contribution is 2.15. The number of ether oxygens (including phenoxy) is 1. The molecule has 0 bridgehead atoms. The van der Waals surface area contributed by atoms with Gasteiger partial charge in [0, 0.05) is 25.0 Å². The van der Waals surface area contributed by atoms with Gasteiger partial charge in [0.05, 0.1) is 0 Å². The van der Waals surface area contributed by atoms with Crippen molar-refractivity contribution in [3.8, 4) is 5.75 Å². The molecule has 2 aromatic rings. The van der Waals surface area contributed by atoms with Gasteiger partial charge in [-0.05, 0) is 24.6 Å². The van der Waals surface area contributed by atoms with E-state index in [1.807, 2.05) is 13.0 Å². The number of hydrogen-bond donors (Lipinski definition) is 2. The van der Waals surface area contributed by atoms with Crippen LogP contribution in [0.4, 0.5) is 5.82 Å². The molecule has 6 nitrogen and oxygen atoms in total. The van der Waals surface area contributed by atoms with Crippen LogP contribution in [0.3, 0.4) is 0 Å². The molecule has 2 heterocycles. The summed E-state index contributed by atoms with van der Waals surface area (Å²) in [6.07, 6.45) is 3.20. The van der Waals surface area contributed by atoms with Crippen LogP contribution in [-0.4, -0.2) is 29.0 Å². The highest BCUT2D eigenvalue weighted by molar-refractivity contribution is 6.02. The van der Waals surface area contributed by atoms with Gasteiger partial charge in [0.25, 0.3) is 5.91 Å². The van der Waals surface area contributed by atoms with E-state index in [9.17, 15) is 4.79 Å². The van der Waals surface area contributed by atoms with Crippen molar-refractivity contribution in [3.05, 3.63) is 47.9 Å². The lowest BCUT2D eigenvalue weighted by atomic mass is 10.2. The lowest BCUT2D eigenvalue weighted by molar-refractivity contribution is 0.102. The highest BCUT2D eigenvalue weighted by atomic mass is 16.5. The summed E-state index contributed by atoms with van der Waals surface area (Å²) in [6, 6.07) is 6.84. The van der Waals surface area contributed by atoms with Gasteiger partial charge in [-0.25, -0.2) is 4.98 Å². The molecule has 104 valence electrons. The quantitative estimate of drug-likeness (QED) is 0.858. The van der Waals surface area contributed by atoms with Crippen molar-refractivity contribution in [2.75, 3.05) is 18.5 Å². The normalized spacial score (nSPS) is 10.1. The fraction of sp³-hybridized carbons (Fsp3) is 0.214. The summed E-state index contributed by atoms with van der Waals surface area (Å²) in [5, 5.41) is 2.67. The predicted octanol–water partition coefficient (Wildman–Crippen LogP) is 1.37. The molecule has 0 atom stereocenters. The summed E-state index contributed by atoms with van der Waals surface area (Å²) < 4.78 is 5.37. The van der Waals surface area contributed by atoms with Gasteiger partial charge in [-0.3, -0.25) is 9.78 Å². The van der Waals surface area contributed by atoms with Crippen LogP contribution in [0.25, 0.3) is 0 Å². The molecule has 0 aromatic carbocycles. The van der Waals surface area contributed by atoms with Gasteiger partial charge in [0.2, 0.25) is 0 Å². The molecular formula is C14H16N4O2. The number of nitrogens with zero attached hydrogens (tertiary/aromatic N) is 2. The molecular weight excluding hydrogens is 256 g/mol. The fourth-order valence-electron chi connectivity index (χ4n) is 1.53. The van der Waals surface area contributed by atoms with Crippen molar-refractivity contribution in [3.63, 3.8) is 0 Å². The first kappa shape index (κ1) is 14.0. The molecule has 3 N–H and O–H groups in total. The van der Waals surface area contributed by atoms with Gasteiger partial charge in [0.1, 0.15) is 23.9 Å². The number of rotatable bonds is 5. The molecule has 1 amide bonds. The highest BCUT2D eigenvalue weighted by Gasteiger charge is 2.08. The van der Waals surface area contributed by atoms with Crippen LogP contribution in [0.15, 0.2) is 36.7 Å². The van der Waals surface area contributed by atoms with Crippen molar-refractivity contribution in [2.45, 2.75) is 6.92 Å². The van der Waals surface area contributed by atoms with Gasteiger partial charge in [-0.2, -0.15) is 0 Å². The first-order valence-corrected chi connectivity index (χ1v) is 6.22. The number of nitrogens with one attached hydrogen (secondary N) is 1. The van der Waals surface area contributed by atoms with Crippen molar-refractivity contribution in [1.29, 1.82) is 0 Å². The number of aromatic nitrogens is 2. The Hall–Kier alpha value is -2.47. The summed E-state index contributed by atoms with van der Waals surface area (Å²) in [5.74, 6) is 0.706.